The molecule has 34 heavy (non-hydrogen) atoms. The van der Waals surface area contributed by atoms with Gasteiger partial charge in [0.1, 0.15) is 23.9 Å². The van der Waals surface area contributed by atoms with Crippen LogP contribution in [0.5, 0.6) is 11.5 Å². The quantitative estimate of drug-likeness (QED) is 0.373. The first kappa shape index (κ1) is 23.0. The predicted molar refractivity (Wildman–Crippen MR) is 117 cm³/mol. The minimum Gasteiger partial charge on any atom is -0.497 e. The largest absolute Gasteiger partial charge is 0.497 e. The summed E-state index contributed by atoms with van der Waals surface area (Å²) in [5.74, 6) is 1.29. The molecular weight excluding hydrogens is 451 g/mol. The van der Waals surface area contributed by atoms with Crippen molar-refractivity contribution in [1.29, 1.82) is 0 Å². The summed E-state index contributed by atoms with van der Waals surface area (Å²) in [5, 5.41) is 6.74. The standard InChI is InChI=1S/C24H20F3N3O4/c1-32-19-6-3-7-20(11-19)33-15-21-8-9-22(34-21)23(31)29-18-12-28-30(14-18)13-16-4-2-5-17(10-16)24(25,26)27/h2-12,14H,13,15H2,1H3,(H,29,31). The summed E-state index contributed by atoms with van der Waals surface area (Å²) in [6.45, 7) is 0.238. The molecule has 0 saturated heterocycles. The molecule has 1 N–H and O–H groups in total. The van der Waals surface area contributed by atoms with Gasteiger partial charge < -0.3 is 19.2 Å². The number of hydrogen-bond acceptors (Lipinski definition) is 5. The van der Waals surface area contributed by atoms with Gasteiger partial charge in [0.15, 0.2) is 5.76 Å². The summed E-state index contributed by atoms with van der Waals surface area (Å²) in [5.41, 5.74) is 0.0831. The second-order valence-corrected chi connectivity index (χ2v) is 7.31. The van der Waals surface area contributed by atoms with Gasteiger partial charge in [0.05, 0.1) is 31.1 Å². The Hall–Kier alpha value is -4.21. The summed E-state index contributed by atoms with van der Waals surface area (Å²) in [7, 11) is 1.56. The monoisotopic (exact) mass is 471 g/mol. The average Bonchev–Trinajstić information content (AvgIpc) is 3.47. The molecule has 1 amide bonds. The molecule has 0 aliphatic rings. The van der Waals surface area contributed by atoms with E-state index in [1.807, 2.05) is 0 Å². The molecule has 2 aromatic heterocycles. The molecule has 0 radical (unpaired) electrons. The summed E-state index contributed by atoms with van der Waals surface area (Å²) < 4.78 is 56.4. The van der Waals surface area contributed by atoms with Crippen LogP contribution in [0.1, 0.15) is 27.4 Å². The third-order valence-electron chi connectivity index (χ3n) is 4.80. The number of aromatic nitrogens is 2. The molecule has 0 fully saturated rings. The highest BCUT2D eigenvalue weighted by Crippen LogP contribution is 2.29. The van der Waals surface area contributed by atoms with Crippen molar-refractivity contribution in [2.24, 2.45) is 0 Å². The lowest BCUT2D eigenvalue weighted by Gasteiger charge is -2.08. The van der Waals surface area contributed by atoms with Crippen LogP contribution in [0, 0.1) is 0 Å². The summed E-state index contributed by atoms with van der Waals surface area (Å²) >= 11 is 0. The molecule has 2 heterocycles. The van der Waals surface area contributed by atoms with Gasteiger partial charge in [-0.25, -0.2) is 0 Å². The maximum atomic E-state index is 12.9. The Morgan fingerprint density at radius 2 is 1.88 bits per heavy atom. The fourth-order valence-corrected chi connectivity index (χ4v) is 3.16. The molecule has 0 spiro atoms. The number of ether oxygens (including phenoxy) is 2. The molecule has 7 nitrogen and oxygen atoms in total. The van der Waals surface area contributed by atoms with E-state index in [0.29, 0.717) is 28.5 Å². The molecule has 4 rings (SSSR count). The van der Waals surface area contributed by atoms with E-state index in [2.05, 4.69) is 10.4 Å². The first-order valence-electron chi connectivity index (χ1n) is 10.2. The van der Waals surface area contributed by atoms with E-state index in [1.54, 1.807) is 43.5 Å². The molecule has 0 saturated carbocycles. The topological polar surface area (TPSA) is 78.5 Å². The van der Waals surface area contributed by atoms with Crippen LogP contribution < -0.4 is 14.8 Å². The van der Waals surface area contributed by atoms with Crippen LogP contribution in [0.15, 0.2) is 77.5 Å². The van der Waals surface area contributed by atoms with Gasteiger partial charge in [-0.05, 0) is 42.0 Å². The molecule has 176 valence electrons. The fourth-order valence-electron chi connectivity index (χ4n) is 3.16. The number of halogens is 3. The number of nitrogens with zero attached hydrogens (tertiary/aromatic N) is 2. The summed E-state index contributed by atoms with van der Waals surface area (Å²) in [6, 6.07) is 15.2. The lowest BCUT2D eigenvalue weighted by molar-refractivity contribution is -0.137. The molecule has 0 aliphatic carbocycles. The molecule has 0 atom stereocenters. The number of carbonyl (C=O) groups excluding carboxylic acids is 1. The highest BCUT2D eigenvalue weighted by molar-refractivity contribution is 6.02. The lowest BCUT2D eigenvalue weighted by Crippen LogP contribution is -2.10. The Bertz CT molecular complexity index is 1280. The zero-order valence-corrected chi connectivity index (χ0v) is 18.0. The van der Waals surface area contributed by atoms with E-state index in [-0.39, 0.29) is 18.9 Å². The molecular formula is C24H20F3N3O4. The van der Waals surface area contributed by atoms with Crippen molar-refractivity contribution in [1.82, 2.24) is 9.78 Å². The molecule has 2 aromatic carbocycles. The third kappa shape index (κ3) is 5.77. The molecule has 0 unspecified atom stereocenters. The highest BCUT2D eigenvalue weighted by Gasteiger charge is 2.30. The lowest BCUT2D eigenvalue weighted by atomic mass is 10.1. The SMILES string of the molecule is COc1cccc(OCc2ccc(C(=O)Nc3cnn(Cc4cccc(C(F)(F)F)c4)c3)o2)c1. The summed E-state index contributed by atoms with van der Waals surface area (Å²) in [6.07, 6.45) is -1.49. The summed E-state index contributed by atoms with van der Waals surface area (Å²) in [4.78, 5) is 12.5. The maximum Gasteiger partial charge on any atom is 0.416 e. The second-order valence-electron chi connectivity index (χ2n) is 7.31. The second kappa shape index (κ2) is 9.74. The number of methoxy groups -OCH3 is 1. The first-order valence-corrected chi connectivity index (χ1v) is 10.2. The molecule has 10 heteroatoms. The zero-order chi connectivity index (χ0) is 24.1. The van der Waals surface area contributed by atoms with Crippen LogP contribution >= 0.6 is 0 Å². The van der Waals surface area contributed by atoms with Gasteiger partial charge in [-0.1, -0.05) is 18.2 Å². The van der Waals surface area contributed by atoms with Crippen molar-refractivity contribution in [3.05, 3.63) is 95.7 Å². The number of carbonyl (C=O) groups is 1. The Kier molecular flexibility index (Phi) is 6.58. The van der Waals surface area contributed by atoms with Gasteiger partial charge in [0.25, 0.3) is 5.91 Å². The average molecular weight is 471 g/mol. The Labute approximate surface area is 192 Å². The number of hydrogen-bond donors (Lipinski definition) is 1. The van der Waals surface area contributed by atoms with E-state index in [4.69, 9.17) is 13.9 Å². The Balaban J connectivity index is 1.34. The van der Waals surface area contributed by atoms with E-state index in [9.17, 15) is 18.0 Å². The van der Waals surface area contributed by atoms with Gasteiger partial charge in [0.2, 0.25) is 0 Å². The molecule has 0 aliphatic heterocycles. The van der Waals surface area contributed by atoms with Crippen LogP contribution in [-0.4, -0.2) is 22.8 Å². The van der Waals surface area contributed by atoms with Crippen molar-refractivity contribution in [3.63, 3.8) is 0 Å². The predicted octanol–water partition coefficient (Wildman–Crippen LogP) is 5.38. The van der Waals surface area contributed by atoms with Crippen molar-refractivity contribution in [2.45, 2.75) is 19.3 Å². The van der Waals surface area contributed by atoms with Crippen LogP contribution in [-0.2, 0) is 19.3 Å². The zero-order valence-electron chi connectivity index (χ0n) is 18.0. The number of nitrogens with one attached hydrogen (secondary N) is 1. The van der Waals surface area contributed by atoms with Gasteiger partial charge in [-0.2, -0.15) is 18.3 Å². The van der Waals surface area contributed by atoms with Crippen molar-refractivity contribution >= 4 is 11.6 Å². The molecule has 0 bridgehead atoms. The van der Waals surface area contributed by atoms with Crippen LogP contribution in [0.2, 0.25) is 0 Å². The number of anilines is 1. The van der Waals surface area contributed by atoms with Crippen molar-refractivity contribution < 1.29 is 31.9 Å². The van der Waals surface area contributed by atoms with E-state index in [1.165, 1.54) is 29.2 Å². The fraction of sp³-hybridized carbons (Fsp3) is 0.167. The minimum absolute atomic E-state index is 0.0786. The number of furan rings is 1. The number of benzene rings is 2. The highest BCUT2D eigenvalue weighted by atomic mass is 19.4. The van der Waals surface area contributed by atoms with E-state index >= 15 is 0 Å². The van der Waals surface area contributed by atoms with Gasteiger partial charge >= 0.3 is 6.18 Å². The first-order chi connectivity index (χ1) is 16.3. The normalized spacial score (nSPS) is 11.3. The third-order valence-corrected chi connectivity index (χ3v) is 4.80. The van der Waals surface area contributed by atoms with Crippen LogP contribution in [0.3, 0.4) is 0 Å². The smallest absolute Gasteiger partial charge is 0.416 e. The number of amides is 1. The van der Waals surface area contributed by atoms with Crippen molar-refractivity contribution in [3.8, 4) is 11.5 Å². The van der Waals surface area contributed by atoms with Crippen molar-refractivity contribution in [2.75, 3.05) is 12.4 Å². The van der Waals surface area contributed by atoms with E-state index in [0.717, 1.165) is 12.1 Å². The molecule has 4 aromatic rings. The van der Waals surface area contributed by atoms with Gasteiger partial charge in [0, 0.05) is 12.3 Å². The van der Waals surface area contributed by atoms with E-state index < -0.39 is 17.6 Å². The maximum absolute atomic E-state index is 12.9. The Morgan fingerprint density at radius 1 is 1.09 bits per heavy atom. The van der Waals surface area contributed by atoms with Crippen LogP contribution in [0.4, 0.5) is 18.9 Å². The van der Waals surface area contributed by atoms with Gasteiger partial charge in [-0.15, -0.1) is 0 Å². The minimum atomic E-state index is -4.42. The number of alkyl halides is 3. The Morgan fingerprint density at radius 3 is 2.68 bits per heavy atom. The number of rotatable bonds is 8. The van der Waals surface area contributed by atoms with Gasteiger partial charge in [-0.3, -0.25) is 9.48 Å². The van der Waals surface area contributed by atoms with Crippen LogP contribution in [0.25, 0.3) is 0 Å².